The van der Waals surface area contributed by atoms with Gasteiger partial charge in [0, 0.05) is 6.54 Å². The molecule has 2 rings (SSSR count). The van der Waals surface area contributed by atoms with E-state index in [0.717, 1.165) is 23.4 Å². The van der Waals surface area contributed by atoms with Crippen LogP contribution in [-0.4, -0.2) is 0 Å². The Kier molecular flexibility index (Phi) is 3.64. The Balaban J connectivity index is 2.19. The number of benzene rings is 2. The number of nitrogens with zero attached hydrogens (tertiary/aromatic N) is 1. The number of rotatable bonds is 3. The molecule has 0 spiro atoms. The van der Waals surface area contributed by atoms with Crippen LogP contribution in [0.1, 0.15) is 22.3 Å². The fourth-order valence-electron chi connectivity index (χ4n) is 1.96. The van der Waals surface area contributed by atoms with E-state index in [1.54, 1.807) is 0 Å². The quantitative estimate of drug-likeness (QED) is 0.880. The van der Waals surface area contributed by atoms with Crippen molar-refractivity contribution in [3.8, 4) is 6.07 Å². The molecule has 0 saturated heterocycles. The van der Waals surface area contributed by atoms with Gasteiger partial charge in [0.1, 0.15) is 6.07 Å². The van der Waals surface area contributed by atoms with Crippen molar-refractivity contribution >= 4 is 5.69 Å². The fraction of sp³-hybridized carbons (Fsp3) is 0.188. The zero-order valence-electron chi connectivity index (χ0n) is 10.7. The Labute approximate surface area is 108 Å². The highest BCUT2D eigenvalue weighted by Gasteiger charge is 2.04. The minimum Gasteiger partial charge on any atom is -0.380 e. The molecule has 2 heteroatoms. The van der Waals surface area contributed by atoms with Crippen LogP contribution < -0.4 is 5.32 Å². The molecule has 2 aromatic rings. The zero-order valence-corrected chi connectivity index (χ0v) is 10.7. The van der Waals surface area contributed by atoms with Gasteiger partial charge in [-0.05, 0) is 36.6 Å². The van der Waals surface area contributed by atoms with Crippen LogP contribution in [0.25, 0.3) is 0 Å². The highest BCUT2D eigenvalue weighted by Crippen LogP contribution is 2.19. The van der Waals surface area contributed by atoms with E-state index in [-0.39, 0.29) is 0 Å². The first kappa shape index (κ1) is 12.2. The molecule has 1 N–H and O–H groups in total. The molecule has 0 aliphatic rings. The lowest BCUT2D eigenvalue weighted by molar-refractivity contribution is 1.11. The molecule has 0 fully saturated rings. The van der Waals surface area contributed by atoms with E-state index in [2.05, 4.69) is 30.4 Å². The van der Waals surface area contributed by atoms with Gasteiger partial charge in [0.15, 0.2) is 0 Å². The summed E-state index contributed by atoms with van der Waals surface area (Å²) < 4.78 is 0. The number of nitriles is 1. The molecule has 0 bridgehead atoms. The van der Waals surface area contributed by atoms with E-state index in [1.165, 1.54) is 11.1 Å². The topological polar surface area (TPSA) is 35.8 Å². The normalized spacial score (nSPS) is 9.83. The van der Waals surface area contributed by atoms with Crippen molar-refractivity contribution in [3.63, 3.8) is 0 Å². The van der Waals surface area contributed by atoms with Crippen LogP contribution >= 0.6 is 0 Å². The Hall–Kier alpha value is -2.27. The van der Waals surface area contributed by atoms with Crippen LogP contribution in [0.2, 0.25) is 0 Å². The SMILES string of the molecule is Cc1ccccc1CNc1cccc(C)c1C#N. The Morgan fingerprint density at radius 1 is 1.00 bits per heavy atom. The van der Waals surface area contributed by atoms with Gasteiger partial charge in [-0.3, -0.25) is 0 Å². The molecular weight excluding hydrogens is 220 g/mol. The highest BCUT2D eigenvalue weighted by molar-refractivity contribution is 5.60. The van der Waals surface area contributed by atoms with Crippen molar-refractivity contribution in [2.75, 3.05) is 5.32 Å². The molecule has 0 radical (unpaired) electrons. The number of hydrogen-bond acceptors (Lipinski definition) is 2. The van der Waals surface area contributed by atoms with Crippen molar-refractivity contribution in [2.24, 2.45) is 0 Å². The van der Waals surface area contributed by atoms with Crippen molar-refractivity contribution in [1.82, 2.24) is 0 Å². The molecule has 2 aromatic carbocycles. The first-order valence-electron chi connectivity index (χ1n) is 6.00. The smallest absolute Gasteiger partial charge is 0.102 e. The average molecular weight is 236 g/mol. The van der Waals surface area contributed by atoms with Crippen LogP contribution in [0.4, 0.5) is 5.69 Å². The molecule has 18 heavy (non-hydrogen) atoms. The van der Waals surface area contributed by atoms with Gasteiger partial charge in [-0.25, -0.2) is 0 Å². The summed E-state index contributed by atoms with van der Waals surface area (Å²) in [5.41, 5.74) is 5.15. The second-order valence-corrected chi connectivity index (χ2v) is 4.39. The third-order valence-electron chi connectivity index (χ3n) is 3.12. The summed E-state index contributed by atoms with van der Waals surface area (Å²) in [6.07, 6.45) is 0. The van der Waals surface area contributed by atoms with Gasteiger partial charge >= 0.3 is 0 Å². The van der Waals surface area contributed by atoms with E-state index in [9.17, 15) is 0 Å². The summed E-state index contributed by atoms with van der Waals surface area (Å²) in [7, 11) is 0. The average Bonchev–Trinajstić information content (AvgIpc) is 2.38. The summed E-state index contributed by atoms with van der Waals surface area (Å²) in [5, 5.41) is 12.5. The largest absolute Gasteiger partial charge is 0.380 e. The van der Waals surface area contributed by atoms with Gasteiger partial charge in [0.05, 0.1) is 11.3 Å². The molecule has 2 nitrogen and oxygen atoms in total. The van der Waals surface area contributed by atoms with Crippen molar-refractivity contribution < 1.29 is 0 Å². The Morgan fingerprint density at radius 3 is 2.44 bits per heavy atom. The van der Waals surface area contributed by atoms with Gasteiger partial charge in [-0.15, -0.1) is 0 Å². The van der Waals surface area contributed by atoms with Crippen LogP contribution in [0, 0.1) is 25.2 Å². The standard InChI is InChI=1S/C16H16N2/c1-12-6-3-4-8-14(12)11-18-16-9-5-7-13(2)15(16)10-17/h3-9,18H,11H2,1-2H3. The molecule has 0 heterocycles. The lowest BCUT2D eigenvalue weighted by Crippen LogP contribution is -2.03. The fourth-order valence-corrected chi connectivity index (χ4v) is 1.96. The lowest BCUT2D eigenvalue weighted by atomic mass is 10.1. The molecular formula is C16H16N2. The Morgan fingerprint density at radius 2 is 1.72 bits per heavy atom. The molecule has 90 valence electrons. The third kappa shape index (κ3) is 2.52. The minimum absolute atomic E-state index is 0.728. The van der Waals surface area contributed by atoms with Crippen molar-refractivity contribution in [3.05, 3.63) is 64.7 Å². The van der Waals surface area contributed by atoms with E-state index >= 15 is 0 Å². The van der Waals surface area contributed by atoms with Gasteiger partial charge < -0.3 is 5.32 Å². The first-order chi connectivity index (χ1) is 8.72. The highest BCUT2D eigenvalue weighted by atomic mass is 14.9. The molecule has 0 atom stereocenters. The van der Waals surface area contributed by atoms with Gasteiger partial charge in [-0.1, -0.05) is 36.4 Å². The summed E-state index contributed by atoms with van der Waals surface area (Å²) in [4.78, 5) is 0. The number of nitrogens with one attached hydrogen (secondary N) is 1. The Bertz CT molecular complexity index is 594. The summed E-state index contributed by atoms with van der Waals surface area (Å²) in [6.45, 7) is 4.79. The number of hydrogen-bond donors (Lipinski definition) is 1. The summed E-state index contributed by atoms with van der Waals surface area (Å²) in [5.74, 6) is 0. The van der Waals surface area contributed by atoms with Gasteiger partial charge in [0.2, 0.25) is 0 Å². The maximum atomic E-state index is 9.16. The monoisotopic (exact) mass is 236 g/mol. The molecule has 0 aliphatic carbocycles. The third-order valence-corrected chi connectivity index (χ3v) is 3.12. The summed E-state index contributed by atoms with van der Waals surface area (Å²) >= 11 is 0. The predicted molar refractivity (Wildman–Crippen MR) is 74.4 cm³/mol. The second-order valence-electron chi connectivity index (χ2n) is 4.39. The molecule has 0 aromatic heterocycles. The van der Waals surface area contributed by atoms with Gasteiger partial charge in [0.25, 0.3) is 0 Å². The zero-order chi connectivity index (χ0) is 13.0. The molecule has 0 aliphatic heterocycles. The van der Waals surface area contributed by atoms with Crippen LogP contribution in [-0.2, 0) is 6.54 Å². The molecule has 0 saturated carbocycles. The molecule has 0 amide bonds. The van der Waals surface area contributed by atoms with Crippen LogP contribution in [0.3, 0.4) is 0 Å². The minimum atomic E-state index is 0.728. The van der Waals surface area contributed by atoms with E-state index in [4.69, 9.17) is 5.26 Å². The number of anilines is 1. The maximum absolute atomic E-state index is 9.16. The molecule has 0 unspecified atom stereocenters. The maximum Gasteiger partial charge on any atom is 0.102 e. The van der Waals surface area contributed by atoms with Gasteiger partial charge in [-0.2, -0.15) is 5.26 Å². The van der Waals surface area contributed by atoms with E-state index in [0.29, 0.717) is 0 Å². The predicted octanol–water partition coefficient (Wildman–Crippen LogP) is 3.79. The first-order valence-corrected chi connectivity index (χ1v) is 6.00. The number of aryl methyl sites for hydroxylation is 2. The summed E-state index contributed by atoms with van der Waals surface area (Å²) in [6, 6.07) is 16.4. The van der Waals surface area contributed by atoms with E-state index in [1.807, 2.05) is 37.3 Å². The lowest BCUT2D eigenvalue weighted by Gasteiger charge is -2.11. The second kappa shape index (κ2) is 5.37. The van der Waals surface area contributed by atoms with Crippen LogP contribution in [0.15, 0.2) is 42.5 Å². The van der Waals surface area contributed by atoms with Crippen molar-refractivity contribution in [2.45, 2.75) is 20.4 Å². The van der Waals surface area contributed by atoms with Crippen molar-refractivity contribution in [1.29, 1.82) is 5.26 Å². The van der Waals surface area contributed by atoms with E-state index < -0.39 is 0 Å². The van der Waals surface area contributed by atoms with Crippen LogP contribution in [0.5, 0.6) is 0 Å².